The molecule has 0 radical (unpaired) electrons. The number of aryl methyl sites for hydroxylation is 1. The van der Waals surface area contributed by atoms with Gasteiger partial charge in [-0.1, -0.05) is 51.8 Å². The minimum Gasteiger partial charge on any atom is -0.207 e. The molecule has 0 aliphatic rings. The summed E-state index contributed by atoms with van der Waals surface area (Å²) >= 11 is 6.86. The zero-order valence-corrected chi connectivity index (χ0v) is 12.1. The van der Waals surface area contributed by atoms with Gasteiger partial charge in [-0.05, 0) is 36.5 Å². The number of alkyl halides is 1. The average Bonchev–Trinajstić information content (AvgIpc) is 2.15. The second-order valence-electron chi connectivity index (χ2n) is 4.03. The Morgan fingerprint density at radius 1 is 1.33 bits per heavy atom. The third-order valence-corrected chi connectivity index (χ3v) is 4.44. The summed E-state index contributed by atoms with van der Waals surface area (Å²) in [6.07, 6.45) is 1.75. The van der Waals surface area contributed by atoms with Crippen molar-refractivity contribution < 1.29 is 4.39 Å². The minimum absolute atomic E-state index is 0.118. The summed E-state index contributed by atoms with van der Waals surface area (Å²) in [7, 11) is 0. The molecule has 0 saturated carbocycles. The zero-order valence-electron chi connectivity index (χ0n) is 8.93. The molecule has 0 aromatic heterocycles. The Morgan fingerprint density at radius 3 is 2.53 bits per heavy atom. The zero-order chi connectivity index (χ0) is 11.4. The first kappa shape index (κ1) is 13.2. The van der Waals surface area contributed by atoms with Crippen LogP contribution in [-0.2, 0) is 6.42 Å². The SMILES string of the molecule is CC(C)C(Br)CCc1ccc(Br)cc1F. The third kappa shape index (κ3) is 4.23. The number of rotatable bonds is 4. The van der Waals surface area contributed by atoms with E-state index >= 15 is 0 Å². The fourth-order valence-corrected chi connectivity index (χ4v) is 1.91. The first-order valence-corrected chi connectivity index (χ1v) is 6.79. The van der Waals surface area contributed by atoms with Gasteiger partial charge in [-0.15, -0.1) is 0 Å². The standard InChI is InChI=1S/C12H15Br2F/c1-8(2)11(14)6-4-9-3-5-10(13)7-12(9)15/h3,5,7-8,11H,4,6H2,1-2H3. The van der Waals surface area contributed by atoms with Crippen molar-refractivity contribution in [3.63, 3.8) is 0 Å². The quantitative estimate of drug-likeness (QED) is 0.682. The van der Waals surface area contributed by atoms with E-state index < -0.39 is 0 Å². The Morgan fingerprint density at radius 2 is 2.00 bits per heavy atom. The van der Waals surface area contributed by atoms with Crippen LogP contribution in [0.5, 0.6) is 0 Å². The summed E-state index contributed by atoms with van der Waals surface area (Å²) in [5, 5.41) is 0. The first-order chi connectivity index (χ1) is 7.00. The Bertz CT molecular complexity index is 323. The molecule has 1 aromatic carbocycles. The summed E-state index contributed by atoms with van der Waals surface area (Å²) in [6, 6.07) is 5.25. The lowest BCUT2D eigenvalue weighted by Crippen LogP contribution is -2.08. The van der Waals surface area contributed by atoms with Gasteiger partial charge in [0.1, 0.15) is 5.82 Å². The molecule has 84 valence electrons. The van der Waals surface area contributed by atoms with E-state index in [2.05, 4.69) is 45.7 Å². The Balaban J connectivity index is 2.58. The topological polar surface area (TPSA) is 0 Å². The maximum absolute atomic E-state index is 13.5. The molecule has 1 rings (SSSR count). The van der Waals surface area contributed by atoms with Gasteiger partial charge < -0.3 is 0 Å². The van der Waals surface area contributed by atoms with E-state index in [0.29, 0.717) is 10.7 Å². The number of hydrogen-bond donors (Lipinski definition) is 0. The van der Waals surface area contributed by atoms with Gasteiger partial charge in [0, 0.05) is 9.30 Å². The van der Waals surface area contributed by atoms with E-state index in [-0.39, 0.29) is 5.82 Å². The van der Waals surface area contributed by atoms with E-state index in [0.717, 1.165) is 22.9 Å². The van der Waals surface area contributed by atoms with Crippen LogP contribution in [0.4, 0.5) is 4.39 Å². The normalized spacial score (nSPS) is 13.2. The smallest absolute Gasteiger partial charge is 0.127 e. The number of hydrogen-bond acceptors (Lipinski definition) is 0. The molecular weight excluding hydrogens is 323 g/mol. The monoisotopic (exact) mass is 336 g/mol. The van der Waals surface area contributed by atoms with Crippen molar-refractivity contribution in [2.75, 3.05) is 0 Å². The molecule has 3 heteroatoms. The van der Waals surface area contributed by atoms with E-state index in [1.54, 1.807) is 0 Å². The van der Waals surface area contributed by atoms with Gasteiger partial charge in [-0.3, -0.25) is 0 Å². The first-order valence-electron chi connectivity index (χ1n) is 5.08. The number of halogens is 3. The van der Waals surface area contributed by atoms with Crippen LogP contribution in [-0.4, -0.2) is 4.83 Å². The highest BCUT2D eigenvalue weighted by Gasteiger charge is 2.10. The molecule has 0 heterocycles. The molecule has 15 heavy (non-hydrogen) atoms. The Kier molecular flexibility index (Phi) is 5.27. The van der Waals surface area contributed by atoms with Gasteiger partial charge >= 0.3 is 0 Å². The fourth-order valence-electron chi connectivity index (χ4n) is 1.35. The van der Waals surface area contributed by atoms with E-state index in [9.17, 15) is 4.39 Å². The Labute approximate surface area is 108 Å². The molecule has 0 aliphatic heterocycles. The average molecular weight is 338 g/mol. The van der Waals surface area contributed by atoms with Crippen LogP contribution in [0.3, 0.4) is 0 Å². The molecule has 0 amide bonds. The van der Waals surface area contributed by atoms with Crippen LogP contribution in [0.1, 0.15) is 25.8 Å². The van der Waals surface area contributed by atoms with E-state index in [1.165, 1.54) is 6.07 Å². The molecule has 1 unspecified atom stereocenters. The largest absolute Gasteiger partial charge is 0.207 e. The summed E-state index contributed by atoms with van der Waals surface area (Å²) in [6.45, 7) is 4.33. The van der Waals surface area contributed by atoms with Crippen LogP contribution in [0.25, 0.3) is 0 Å². The summed E-state index contributed by atoms with van der Waals surface area (Å²) in [5.41, 5.74) is 0.795. The molecule has 0 spiro atoms. The molecule has 0 aliphatic carbocycles. The van der Waals surface area contributed by atoms with Gasteiger partial charge in [0.05, 0.1) is 0 Å². The molecule has 0 nitrogen and oxygen atoms in total. The van der Waals surface area contributed by atoms with Crippen LogP contribution in [0, 0.1) is 11.7 Å². The molecule has 1 atom stereocenters. The third-order valence-electron chi connectivity index (χ3n) is 2.43. The van der Waals surface area contributed by atoms with Crippen molar-refractivity contribution in [1.82, 2.24) is 0 Å². The lowest BCUT2D eigenvalue weighted by atomic mass is 10.0. The van der Waals surface area contributed by atoms with Crippen molar-refractivity contribution in [3.8, 4) is 0 Å². The molecular formula is C12H15Br2F. The number of benzene rings is 1. The minimum atomic E-state index is -0.118. The highest BCUT2D eigenvalue weighted by atomic mass is 79.9. The van der Waals surface area contributed by atoms with Gasteiger partial charge in [0.2, 0.25) is 0 Å². The van der Waals surface area contributed by atoms with Crippen LogP contribution >= 0.6 is 31.9 Å². The van der Waals surface area contributed by atoms with Gasteiger partial charge in [0.15, 0.2) is 0 Å². The lowest BCUT2D eigenvalue weighted by Gasteiger charge is -2.13. The van der Waals surface area contributed by atoms with E-state index in [1.807, 2.05) is 12.1 Å². The van der Waals surface area contributed by atoms with Crippen molar-refractivity contribution in [2.24, 2.45) is 5.92 Å². The van der Waals surface area contributed by atoms with Crippen molar-refractivity contribution in [2.45, 2.75) is 31.5 Å². The summed E-state index contributed by atoms with van der Waals surface area (Å²) < 4.78 is 14.3. The van der Waals surface area contributed by atoms with Gasteiger partial charge in [-0.2, -0.15) is 0 Å². The summed E-state index contributed by atoms with van der Waals surface area (Å²) in [5.74, 6) is 0.469. The maximum Gasteiger partial charge on any atom is 0.127 e. The second-order valence-corrected chi connectivity index (χ2v) is 6.13. The van der Waals surface area contributed by atoms with Crippen LogP contribution < -0.4 is 0 Å². The van der Waals surface area contributed by atoms with Crippen LogP contribution in [0.2, 0.25) is 0 Å². The van der Waals surface area contributed by atoms with Gasteiger partial charge in [0.25, 0.3) is 0 Å². The maximum atomic E-state index is 13.5. The highest BCUT2D eigenvalue weighted by molar-refractivity contribution is 9.10. The van der Waals surface area contributed by atoms with E-state index in [4.69, 9.17) is 0 Å². The fraction of sp³-hybridized carbons (Fsp3) is 0.500. The van der Waals surface area contributed by atoms with Crippen molar-refractivity contribution in [1.29, 1.82) is 0 Å². The molecule has 0 bridgehead atoms. The molecule has 1 aromatic rings. The predicted octanol–water partition coefficient (Wildman–Crippen LogP) is 4.94. The predicted molar refractivity (Wildman–Crippen MR) is 70.0 cm³/mol. The highest BCUT2D eigenvalue weighted by Crippen LogP contribution is 2.21. The summed E-state index contributed by atoms with van der Waals surface area (Å²) in [4.78, 5) is 0.459. The van der Waals surface area contributed by atoms with Crippen LogP contribution in [0.15, 0.2) is 22.7 Å². The molecule has 0 N–H and O–H groups in total. The van der Waals surface area contributed by atoms with Crippen molar-refractivity contribution >= 4 is 31.9 Å². The van der Waals surface area contributed by atoms with Crippen molar-refractivity contribution in [3.05, 3.63) is 34.1 Å². The Hall–Kier alpha value is 0.110. The molecule has 0 saturated heterocycles. The molecule has 0 fully saturated rings. The lowest BCUT2D eigenvalue weighted by molar-refractivity contribution is 0.562. The van der Waals surface area contributed by atoms with Gasteiger partial charge in [-0.25, -0.2) is 4.39 Å². The second kappa shape index (κ2) is 6.00.